The van der Waals surface area contributed by atoms with Gasteiger partial charge in [-0.25, -0.2) is 23.1 Å². The van der Waals surface area contributed by atoms with Crippen molar-refractivity contribution in [2.45, 2.75) is 40.0 Å². The summed E-state index contributed by atoms with van der Waals surface area (Å²) >= 11 is 7.21. The van der Waals surface area contributed by atoms with Crippen LogP contribution in [0.1, 0.15) is 43.8 Å². The van der Waals surface area contributed by atoms with E-state index >= 15 is 0 Å². The molecule has 0 bridgehead atoms. The molecule has 8 nitrogen and oxygen atoms in total. The molecule has 1 aliphatic rings. The second-order valence-corrected chi connectivity index (χ2v) is 12.3. The van der Waals surface area contributed by atoms with E-state index in [4.69, 9.17) is 11.6 Å². The largest absolute Gasteiger partial charge is 0.356 e. The maximum Gasteiger partial charge on any atom is 0.233 e. The van der Waals surface area contributed by atoms with Crippen LogP contribution in [-0.4, -0.2) is 61.9 Å². The molecule has 2 aromatic rings. The molecule has 3 rings (SSSR count). The van der Waals surface area contributed by atoms with Crippen LogP contribution in [0.5, 0.6) is 0 Å². The predicted molar refractivity (Wildman–Crippen MR) is 143 cm³/mol. The number of sulfonamides is 1. The zero-order chi connectivity index (χ0) is 25.4. The third-order valence-corrected chi connectivity index (χ3v) is 8.17. The monoisotopic (exact) mass is 539 g/mol. The van der Waals surface area contributed by atoms with Gasteiger partial charge in [0.1, 0.15) is 11.6 Å². The van der Waals surface area contributed by atoms with Crippen LogP contribution < -0.4 is 9.62 Å². The number of hydrogen-bond donors (Lipinski definition) is 1. The van der Waals surface area contributed by atoms with Crippen LogP contribution in [0.2, 0.25) is 4.34 Å². The Morgan fingerprint density at radius 3 is 2.71 bits per heavy atom. The summed E-state index contributed by atoms with van der Waals surface area (Å²) < 4.78 is 28.0. The predicted octanol–water partition coefficient (Wildman–Crippen LogP) is 4.18. The van der Waals surface area contributed by atoms with Gasteiger partial charge in [0.25, 0.3) is 0 Å². The lowest BCUT2D eigenvalue weighted by Gasteiger charge is -2.35. The first-order chi connectivity index (χ1) is 16.7. The Morgan fingerprint density at radius 2 is 2.09 bits per heavy atom. The first-order valence-electron chi connectivity index (χ1n) is 11.9. The van der Waals surface area contributed by atoms with E-state index in [1.165, 1.54) is 17.4 Å². The van der Waals surface area contributed by atoms with Gasteiger partial charge in [0.05, 0.1) is 4.34 Å². The van der Waals surface area contributed by atoms with Gasteiger partial charge in [-0.1, -0.05) is 25.4 Å². The molecule has 1 saturated heterocycles. The fraction of sp³-hybridized carbons (Fsp3) is 0.542. The minimum Gasteiger partial charge on any atom is -0.356 e. The van der Waals surface area contributed by atoms with E-state index in [9.17, 15) is 13.2 Å². The normalized spacial score (nSPS) is 16.1. The van der Waals surface area contributed by atoms with Gasteiger partial charge in [0, 0.05) is 55.1 Å². The number of hydrogen-bond acceptors (Lipinski definition) is 7. The van der Waals surface area contributed by atoms with E-state index in [2.05, 4.69) is 26.5 Å². The van der Waals surface area contributed by atoms with Gasteiger partial charge in [-0.3, -0.25) is 4.79 Å². The van der Waals surface area contributed by atoms with Crippen LogP contribution in [0.15, 0.2) is 29.8 Å². The zero-order valence-electron chi connectivity index (χ0n) is 20.5. The number of amides is 1. The molecule has 0 unspecified atom stereocenters. The number of aromatic nitrogens is 2. The standard InChI is InChI=1S/C24H34ClN5O3S2/c1-4-12-30(17-18(2)16-27-35(32,33)15-10-21-5-6-22(25)34-21)24(31)20-8-13-29(14-9-20)23-7-11-26-19(3)28-23/h5-7,10-11,15,18,20,27H,4,8-9,12-14,16-17H2,1-3H3/b15-10+/t18-/m0/s1. The van der Waals surface area contributed by atoms with Crippen molar-refractivity contribution in [3.63, 3.8) is 0 Å². The van der Waals surface area contributed by atoms with E-state index in [0.29, 0.717) is 17.4 Å². The number of nitrogens with zero attached hydrogens (tertiary/aromatic N) is 4. The first-order valence-corrected chi connectivity index (χ1v) is 14.7. The van der Waals surface area contributed by atoms with Crippen molar-refractivity contribution in [3.05, 3.63) is 44.8 Å². The van der Waals surface area contributed by atoms with Gasteiger partial charge < -0.3 is 9.80 Å². The van der Waals surface area contributed by atoms with Gasteiger partial charge in [-0.15, -0.1) is 11.3 Å². The molecule has 11 heteroatoms. The van der Waals surface area contributed by atoms with Crippen LogP contribution in [0, 0.1) is 18.8 Å². The van der Waals surface area contributed by atoms with Crippen LogP contribution in [0.3, 0.4) is 0 Å². The van der Waals surface area contributed by atoms with Crippen molar-refractivity contribution in [2.75, 3.05) is 37.6 Å². The summed E-state index contributed by atoms with van der Waals surface area (Å²) in [4.78, 5) is 26.8. The highest BCUT2D eigenvalue weighted by Gasteiger charge is 2.29. The second kappa shape index (κ2) is 12.8. The Hall–Kier alpha value is -2.01. The molecule has 0 aromatic carbocycles. The summed E-state index contributed by atoms with van der Waals surface area (Å²) in [5.41, 5.74) is 0. The van der Waals surface area contributed by atoms with Gasteiger partial charge >= 0.3 is 0 Å². The molecule has 1 aliphatic heterocycles. The highest BCUT2D eigenvalue weighted by atomic mass is 35.5. The molecular weight excluding hydrogens is 506 g/mol. The van der Waals surface area contributed by atoms with Crippen molar-refractivity contribution in [2.24, 2.45) is 11.8 Å². The Labute approximate surface area is 217 Å². The Morgan fingerprint density at radius 1 is 1.34 bits per heavy atom. The van der Waals surface area contributed by atoms with E-state index in [0.717, 1.165) is 54.3 Å². The van der Waals surface area contributed by atoms with Gasteiger partial charge in [-0.05, 0) is 56.4 Å². The summed E-state index contributed by atoms with van der Waals surface area (Å²) in [7, 11) is -3.58. The van der Waals surface area contributed by atoms with Crippen molar-refractivity contribution >= 4 is 50.8 Å². The number of thiophene rings is 1. The summed E-state index contributed by atoms with van der Waals surface area (Å²) in [5.74, 6) is 1.77. The molecule has 35 heavy (non-hydrogen) atoms. The number of carbonyl (C=O) groups excluding carboxylic acids is 1. The number of rotatable bonds is 11. The SMILES string of the molecule is CCCN(C[C@@H](C)CNS(=O)(=O)/C=C/c1ccc(Cl)s1)C(=O)C1CCN(c2ccnc(C)n2)CC1. The van der Waals surface area contributed by atoms with E-state index in [1.807, 2.05) is 24.8 Å². The number of piperidine rings is 1. The van der Waals surface area contributed by atoms with Gasteiger partial charge in [0.15, 0.2) is 0 Å². The Balaban J connectivity index is 1.50. The molecule has 1 atom stereocenters. The zero-order valence-corrected chi connectivity index (χ0v) is 22.9. The smallest absolute Gasteiger partial charge is 0.233 e. The molecule has 3 heterocycles. The van der Waals surface area contributed by atoms with Crippen LogP contribution in [0.4, 0.5) is 5.82 Å². The third kappa shape index (κ3) is 8.56. The molecule has 0 radical (unpaired) electrons. The van der Waals surface area contributed by atoms with Crippen LogP contribution >= 0.6 is 22.9 Å². The average Bonchev–Trinajstić information content (AvgIpc) is 3.26. The fourth-order valence-electron chi connectivity index (χ4n) is 4.12. The van der Waals surface area contributed by atoms with Gasteiger partial charge in [0.2, 0.25) is 15.9 Å². The summed E-state index contributed by atoms with van der Waals surface area (Å²) in [6, 6.07) is 5.41. The number of carbonyl (C=O) groups is 1. The molecular formula is C24H34ClN5O3S2. The quantitative estimate of drug-likeness (QED) is 0.460. The Bertz CT molecular complexity index is 1110. The number of aryl methyl sites for hydroxylation is 1. The molecule has 0 saturated carbocycles. The van der Waals surface area contributed by atoms with Crippen molar-refractivity contribution in [1.82, 2.24) is 19.6 Å². The maximum absolute atomic E-state index is 13.3. The molecule has 192 valence electrons. The van der Waals surface area contributed by atoms with E-state index in [1.54, 1.807) is 18.3 Å². The lowest BCUT2D eigenvalue weighted by atomic mass is 9.94. The topological polar surface area (TPSA) is 95.5 Å². The van der Waals surface area contributed by atoms with Crippen LogP contribution in [0.25, 0.3) is 6.08 Å². The second-order valence-electron chi connectivity index (χ2n) is 8.95. The summed E-state index contributed by atoms with van der Waals surface area (Å²) in [5, 5.41) is 1.16. The van der Waals surface area contributed by atoms with Gasteiger partial charge in [-0.2, -0.15) is 0 Å². The Kier molecular flexibility index (Phi) is 10.1. The van der Waals surface area contributed by atoms with E-state index in [-0.39, 0.29) is 24.3 Å². The minimum atomic E-state index is -3.58. The highest BCUT2D eigenvalue weighted by Crippen LogP contribution is 2.24. The molecule has 2 aromatic heterocycles. The van der Waals surface area contributed by atoms with Crippen molar-refractivity contribution in [3.8, 4) is 0 Å². The lowest BCUT2D eigenvalue weighted by Crippen LogP contribution is -2.45. The lowest BCUT2D eigenvalue weighted by molar-refractivity contribution is -0.136. The average molecular weight is 540 g/mol. The van der Waals surface area contributed by atoms with E-state index < -0.39 is 10.0 Å². The number of anilines is 1. The number of halogens is 1. The summed E-state index contributed by atoms with van der Waals surface area (Å²) in [6.45, 7) is 8.89. The fourth-order valence-corrected chi connectivity index (χ4v) is 6.11. The maximum atomic E-state index is 13.3. The highest BCUT2D eigenvalue weighted by molar-refractivity contribution is 7.92. The first kappa shape index (κ1) is 27.6. The number of nitrogens with one attached hydrogen (secondary N) is 1. The molecule has 0 spiro atoms. The minimum absolute atomic E-state index is 0.0195. The van der Waals surface area contributed by atoms with Crippen molar-refractivity contribution in [1.29, 1.82) is 0 Å². The third-order valence-electron chi connectivity index (χ3n) is 5.91. The summed E-state index contributed by atoms with van der Waals surface area (Å²) in [6.07, 6.45) is 5.71. The van der Waals surface area contributed by atoms with Crippen LogP contribution in [-0.2, 0) is 14.8 Å². The molecule has 1 amide bonds. The molecule has 0 aliphatic carbocycles. The molecule has 1 N–H and O–H groups in total. The van der Waals surface area contributed by atoms with Crippen molar-refractivity contribution < 1.29 is 13.2 Å². The molecule has 1 fully saturated rings.